The summed E-state index contributed by atoms with van der Waals surface area (Å²) in [5, 5.41) is 12.5. The zero-order valence-corrected chi connectivity index (χ0v) is 12.3. The van der Waals surface area contributed by atoms with Gasteiger partial charge in [-0.25, -0.2) is 4.79 Å². The van der Waals surface area contributed by atoms with E-state index in [2.05, 4.69) is 5.32 Å². The lowest BCUT2D eigenvalue weighted by Crippen LogP contribution is -2.40. The van der Waals surface area contributed by atoms with Crippen molar-refractivity contribution < 1.29 is 14.7 Å². The van der Waals surface area contributed by atoms with E-state index in [9.17, 15) is 9.59 Å². The van der Waals surface area contributed by atoms with Crippen LogP contribution in [0.4, 0.5) is 10.5 Å². The number of carboxylic acid groups (broad SMARTS) is 1. The van der Waals surface area contributed by atoms with Crippen LogP contribution in [-0.4, -0.2) is 34.6 Å². The average Bonchev–Trinajstić information content (AvgIpc) is 2.76. The van der Waals surface area contributed by atoms with E-state index < -0.39 is 11.9 Å². The van der Waals surface area contributed by atoms with Crippen molar-refractivity contribution in [1.82, 2.24) is 4.90 Å². The first kappa shape index (κ1) is 14.9. The van der Waals surface area contributed by atoms with Gasteiger partial charge in [-0.2, -0.15) is 0 Å². The third-order valence-electron chi connectivity index (χ3n) is 3.50. The molecule has 2 rings (SSSR count). The van der Waals surface area contributed by atoms with Crippen molar-refractivity contribution >= 4 is 40.9 Å². The van der Waals surface area contributed by atoms with E-state index in [1.54, 1.807) is 25.1 Å². The predicted octanol–water partition coefficient (Wildman–Crippen LogP) is 3.32. The highest BCUT2D eigenvalue weighted by molar-refractivity contribution is 6.42. The second-order valence-corrected chi connectivity index (χ2v) is 5.54. The molecule has 1 aliphatic heterocycles. The summed E-state index contributed by atoms with van der Waals surface area (Å²) in [6, 6.07) is 4.11. The van der Waals surface area contributed by atoms with Gasteiger partial charge in [-0.1, -0.05) is 23.2 Å². The monoisotopic (exact) mass is 316 g/mol. The molecule has 0 spiro atoms. The van der Waals surface area contributed by atoms with Gasteiger partial charge in [0, 0.05) is 18.3 Å². The Balaban J connectivity index is 2.05. The van der Waals surface area contributed by atoms with Crippen LogP contribution in [0.3, 0.4) is 0 Å². The Kier molecular flexibility index (Phi) is 4.40. The first-order valence-corrected chi connectivity index (χ1v) is 6.91. The van der Waals surface area contributed by atoms with Crippen molar-refractivity contribution in [2.24, 2.45) is 5.92 Å². The number of halogens is 2. The first-order chi connectivity index (χ1) is 9.40. The number of amides is 2. The van der Waals surface area contributed by atoms with Crippen LogP contribution in [0.15, 0.2) is 18.2 Å². The maximum atomic E-state index is 12.1. The Labute approximate surface area is 126 Å². The number of anilines is 1. The number of nitrogens with zero attached hydrogens (tertiary/aromatic N) is 1. The highest BCUT2D eigenvalue weighted by atomic mass is 35.5. The summed E-state index contributed by atoms with van der Waals surface area (Å²) >= 11 is 11.7. The van der Waals surface area contributed by atoms with Gasteiger partial charge in [-0.05, 0) is 31.5 Å². The molecule has 1 fully saturated rings. The minimum Gasteiger partial charge on any atom is -0.481 e. The van der Waals surface area contributed by atoms with E-state index in [1.807, 2.05) is 0 Å². The van der Waals surface area contributed by atoms with Gasteiger partial charge in [0.05, 0.1) is 16.0 Å². The lowest BCUT2D eigenvalue weighted by Gasteiger charge is -2.23. The van der Waals surface area contributed by atoms with E-state index in [-0.39, 0.29) is 12.1 Å². The molecule has 1 saturated heterocycles. The molecular weight excluding hydrogens is 303 g/mol. The van der Waals surface area contributed by atoms with Crippen LogP contribution < -0.4 is 5.32 Å². The Hall–Kier alpha value is -1.46. The summed E-state index contributed by atoms with van der Waals surface area (Å²) in [5.41, 5.74) is 0.523. The van der Waals surface area contributed by atoms with Crippen molar-refractivity contribution in [3.63, 3.8) is 0 Å². The highest BCUT2D eigenvalue weighted by Crippen LogP contribution is 2.27. The number of urea groups is 1. The van der Waals surface area contributed by atoms with Crippen LogP contribution in [0, 0.1) is 5.92 Å². The van der Waals surface area contributed by atoms with Crippen LogP contribution in [0.2, 0.25) is 10.0 Å². The molecule has 0 saturated carbocycles. The molecule has 7 heteroatoms. The van der Waals surface area contributed by atoms with Crippen LogP contribution in [0.25, 0.3) is 0 Å². The van der Waals surface area contributed by atoms with E-state index in [0.29, 0.717) is 28.7 Å². The Bertz CT molecular complexity index is 550. The summed E-state index contributed by atoms with van der Waals surface area (Å²) in [7, 11) is 0. The first-order valence-electron chi connectivity index (χ1n) is 6.15. The van der Waals surface area contributed by atoms with Crippen LogP contribution in [0.1, 0.15) is 13.3 Å². The standard InChI is InChI=1S/C13H14Cl2N2O3/c1-7-9(12(18)19)4-5-17(7)13(20)16-8-2-3-10(14)11(15)6-8/h2-3,6-7,9H,4-5H2,1H3,(H,16,20)(H,18,19). The summed E-state index contributed by atoms with van der Waals surface area (Å²) in [6.07, 6.45) is 0.464. The van der Waals surface area contributed by atoms with E-state index in [4.69, 9.17) is 28.3 Å². The third-order valence-corrected chi connectivity index (χ3v) is 4.24. The summed E-state index contributed by atoms with van der Waals surface area (Å²) in [5.74, 6) is -1.39. The fourth-order valence-corrected chi connectivity index (χ4v) is 2.62. The van der Waals surface area contributed by atoms with Crippen molar-refractivity contribution in [2.45, 2.75) is 19.4 Å². The molecule has 1 heterocycles. The van der Waals surface area contributed by atoms with E-state index >= 15 is 0 Å². The molecule has 2 amide bonds. The minimum absolute atomic E-state index is 0.334. The SMILES string of the molecule is CC1C(C(=O)O)CCN1C(=O)Nc1ccc(Cl)c(Cl)c1. The largest absolute Gasteiger partial charge is 0.481 e. The lowest BCUT2D eigenvalue weighted by molar-refractivity contribution is -0.142. The number of aliphatic carboxylic acids is 1. The molecule has 20 heavy (non-hydrogen) atoms. The van der Waals surface area contributed by atoms with Gasteiger partial charge >= 0.3 is 12.0 Å². The number of hydrogen-bond donors (Lipinski definition) is 2. The maximum absolute atomic E-state index is 12.1. The van der Waals surface area contributed by atoms with Crippen LogP contribution in [0.5, 0.6) is 0 Å². The topological polar surface area (TPSA) is 69.6 Å². The van der Waals surface area contributed by atoms with Gasteiger partial charge in [0.15, 0.2) is 0 Å². The molecule has 1 aromatic carbocycles. The quantitative estimate of drug-likeness (QED) is 0.879. The third kappa shape index (κ3) is 2.99. The number of carboxylic acids is 1. The smallest absolute Gasteiger partial charge is 0.322 e. The van der Waals surface area contributed by atoms with Crippen molar-refractivity contribution in [3.8, 4) is 0 Å². The number of rotatable bonds is 2. The maximum Gasteiger partial charge on any atom is 0.322 e. The molecule has 2 atom stereocenters. The number of carbonyl (C=O) groups is 2. The molecule has 0 aliphatic carbocycles. The number of carbonyl (C=O) groups excluding carboxylic acids is 1. The van der Waals surface area contributed by atoms with Gasteiger partial charge in [0.1, 0.15) is 0 Å². The fourth-order valence-electron chi connectivity index (χ4n) is 2.33. The summed E-state index contributed by atoms with van der Waals surface area (Å²) in [4.78, 5) is 24.7. The molecule has 2 N–H and O–H groups in total. The van der Waals surface area contributed by atoms with Crippen LogP contribution in [-0.2, 0) is 4.79 Å². The van der Waals surface area contributed by atoms with Gasteiger partial charge in [0.2, 0.25) is 0 Å². The van der Waals surface area contributed by atoms with Gasteiger partial charge in [0.25, 0.3) is 0 Å². The molecule has 108 valence electrons. The Morgan fingerprint density at radius 3 is 2.60 bits per heavy atom. The number of hydrogen-bond acceptors (Lipinski definition) is 2. The zero-order valence-electron chi connectivity index (χ0n) is 10.8. The molecule has 0 radical (unpaired) electrons. The van der Waals surface area contributed by atoms with Crippen molar-refractivity contribution in [1.29, 1.82) is 0 Å². The average molecular weight is 317 g/mol. The molecule has 0 aromatic heterocycles. The Morgan fingerprint density at radius 2 is 2.05 bits per heavy atom. The normalized spacial score (nSPS) is 21.9. The lowest BCUT2D eigenvalue weighted by atomic mass is 10.0. The highest BCUT2D eigenvalue weighted by Gasteiger charge is 2.38. The van der Waals surface area contributed by atoms with Crippen molar-refractivity contribution in [2.75, 3.05) is 11.9 Å². The minimum atomic E-state index is -0.873. The molecular formula is C13H14Cl2N2O3. The number of likely N-dealkylation sites (tertiary alicyclic amines) is 1. The molecule has 1 aliphatic rings. The second kappa shape index (κ2) is 5.89. The van der Waals surface area contributed by atoms with Crippen LogP contribution >= 0.6 is 23.2 Å². The zero-order chi connectivity index (χ0) is 14.9. The van der Waals surface area contributed by atoms with E-state index in [1.165, 1.54) is 4.90 Å². The number of nitrogens with one attached hydrogen (secondary N) is 1. The van der Waals surface area contributed by atoms with Gasteiger partial charge in [-0.3, -0.25) is 4.79 Å². The molecule has 0 bridgehead atoms. The fraction of sp³-hybridized carbons (Fsp3) is 0.385. The Morgan fingerprint density at radius 1 is 1.35 bits per heavy atom. The second-order valence-electron chi connectivity index (χ2n) is 4.73. The van der Waals surface area contributed by atoms with E-state index in [0.717, 1.165) is 0 Å². The van der Waals surface area contributed by atoms with Gasteiger partial charge < -0.3 is 15.3 Å². The predicted molar refractivity (Wildman–Crippen MR) is 77.4 cm³/mol. The van der Waals surface area contributed by atoms with Crippen molar-refractivity contribution in [3.05, 3.63) is 28.2 Å². The summed E-state index contributed by atoms with van der Waals surface area (Å²) in [6.45, 7) is 2.16. The molecule has 2 unspecified atom stereocenters. The molecule has 1 aromatic rings. The number of benzene rings is 1. The van der Waals surface area contributed by atoms with Gasteiger partial charge in [-0.15, -0.1) is 0 Å². The molecule has 5 nitrogen and oxygen atoms in total. The summed E-state index contributed by atoms with van der Waals surface area (Å²) < 4.78 is 0.